The van der Waals surface area contributed by atoms with Gasteiger partial charge in [-0.25, -0.2) is 0 Å². The van der Waals surface area contributed by atoms with Crippen LogP contribution in [0, 0.1) is 28.6 Å². The number of halogens is 1. The number of amides is 1. The number of fused-ring (bicyclic) bond motifs is 5. The second-order valence-electron chi connectivity index (χ2n) is 9.77. The highest BCUT2D eigenvalue weighted by atomic mass is 35.5. The van der Waals surface area contributed by atoms with Crippen molar-refractivity contribution in [2.75, 3.05) is 7.05 Å². The largest absolute Gasteiger partial charge is 0.319 e. The smallest absolute Gasteiger partial charge is 0.226 e. The Labute approximate surface area is 172 Å². The number of carbonyl (C=O) groups excluding carboxylic acids is 1. The maximum atomic E-state index is 12.3. The van der Waals surface area contributed by atoms with Crippen molar-refractivity contribution in [1.82, 2.24) is 9.88 Å². The molecule has 4 heteroatoms. The second kappa shape index (κ2) is 6.19. The molecule has 0 N–H and O–H groups in total. The minimum atomic E-state index is 0.146. The highest BCUT2D eigenvalue weighted by molar-refractivity contribution is 6.30. The molecule has 2 fully saturated rings. The molecule has 1 aromatic rings. The lowest BCUT2D eigenvalue weighted by atomic mass is 9.49. The maximum Gasteiger partial charge on any atom is 0.226 e. The molecule has 2 heterocycles. The van der Waals surface area contributed by atoms with Gasteiger partial charge in [-0.15, -0.1) is 0 Å². The Kier molecular flexibility index (Phi) is 4.07. The summed E-state index contributed by atoms with van der Waals surface area (Å²) in [6.45, 7) is 4.89. The fourth-order valence-electron chi connectivity index (χ4n) is 7.15. The molecule has 5 atom stereocenters. The zero-order valence-corrected chi connectivity index (χ0v) is 17.8. The Bertz CT molecular complexity index is 906. The molecule has 4 aliphatic rings. The Morgan fingerprint density at radius 3 is 2.71 bits per heavy atom. The third kappa shape index (κ3) is 2.41. The third-order valence-corrected chi connectivity index (χ3v) is 8.82. The fourth-order valence-corrected chi connectivity index (χ4v) is 7.33. The van der Waals surface area contributed by atoms with Gasteiger partial charge in [-0.2, -0.15) is 0 Å². The summed E-state index contributed by atoms with van der Waals surface area (Å²) in [5.41, 5.74) is 4.27. The van der Waals surface area contributed by atoms with Gasteiger partial charge < -0.3 is 4.90 Å². The average Bonchev–Trinajstić information content (AvgIpc) is 3.02. The minimum absolute atomic E-state index is 0.146. The molecule has 28 heavy (non-hydrogen) atoms. The minimum Gasteiger partial charge on any atom is -0.319 e. The van der Waals surface area contributed by atoms with E-state index in [9.17, 15) is 4.79 Å². The summed E-state index contributed by atoms with van der Waals surface area (Å²) in [6, 6.07) is 2.07. The molecule has 1 amide bonds. The van der Waals surface area contributed by atoms with Crippen LogP contribution in [0.15, 0.2) is 36.3 Å². The van der Waals surface area contributed by atoms with Gasteiger partial charge in [0, 0.05) is 37.0 Å². The number of hydrogen-bond acceptors (Lipinski definition) is 2. The quantitative estimate of drug-likeness (QED) is 0.608. The highest BCUT2D eigenvalue weighted by Gasteiger charge is 2.57. The summed E-state index contributed by atoms with van der Waals surface area (Å²) in [7, 11) is 1.97. The SMILES string of the molecule is CN1C(=O)CC[C@@]2(C)C1=CC[C@@H]1[C@@H]2CC[C@]2(C)C(c3cncc(Cl)c3)=CC[C@@H]12. The molecular formula is C24H29ClN2O. The van der Waals surface area contributed by atoms with E-state index in [4.69, 9.17) is 11.6 Å². The number of hydrogen-bond donors (Lipinski definition) is 0. The first-order valence-electron chi connectivity index (χ1n) is 10.6. The van der Waals surface area contributed by atoms with Gasteiger partial charge in [-0.1, -0.05) is 37.6 Å². The first-order chi connectivity index (χ1) is 13.3. The lowest BCUT2D eigenvalue weighted by Gasteiger charge is -2.58. The van der Waals surface area contributed by atoms with E-state index in [2.05, 4.69) is 37.0 Å². The van der Waals surface area contributed by atoms with Gasteiger partial charge in [-0.05, 0) is 72.5 Å². The van der Waals surface area contributed by atoms with E-state index in [1.54, 1.807) is 6.20 Å². The van der Waals surface area contributed by atoms with Crippen molar-refractivity contribution in [3.05, 3.63) is 46.9 Å². The van der Waals surface area contributed by atoms with E-state index in [0.29, 0.717) is 29.2 Å². The Morgan fingerprint density at radius 2 is 1.93 bits per heavy atom. The van der Waals surface area contributed by atoms with Crippen molar-refractivity contribution in [3.63, 3.8) is 0 Å². The van der Waals surface area contributed by atoms with Crippen LogP contribution >= 0.6 is 11.6 Å². The highest BCUT2D eigenvalue weighted by Crippen LogP contribution is 2.65. The summed E-state index contributed by atoms with van der Waals surface area (Å²) in [6.07, 6.45) is 14.9. The molecule has 3 aliphatic carbocycles. The van der Waals surface area contributed by atoms with Crippen LogP contribution in [-0.4, -0.2) is 22.8 Å². The van der Waals surface area contributed by atoms with Gasteiger partial charge in [0.25, 0.3) is 0 Å². The lowest BCUT2D eigenvalue weighted by molar-refractivity contribution is -0.135. The zero-order chi connectivity index (χ0) is 19.7. The Hall–Kier alpha value is -1.61. The molecule has 5 rings (SSSR count). The topological polar surface area (TPSA) is 33.2 Å². The first kappa shape index (κ1) is 18.4. The van der Waals surface area contributed by atoms with Crippen LogP contribution in [0.3, 0.4) is 0 Å². The molecule has 3 nitrogen and oxygen atoms in total. The predicted octanol–water partition coefficient (Wildman–Crippen LogP) is 5.72. The molecule has 148 valence electrons. The van der Waals surface area contributed by atoms with Gasteiger partial charge in [0.05, 0.1) is 5.02 Å². The number of piperidine rings is 1. The number of allylic oxidation sites excluding steroid dienone is 4. The number of nitrogens with zero attached hydrogens (tertiary/aromatic N) is 2. The number of rotatable bonds is 1. The summed E-state index contributed by atoms with van der Waals surface area (Å²) in [5, 5.41) is 0.715. The molecule has 1 aromatic heterocycles. The van der Waals surface area contributed by atoms with Crippen LogP contribution in [0.4, 0.5) is 0 Å². The van der Waals surface area contributed by atoms with Crippen LogP contribution in [0.5, 0.6) is 0 Å². The van der Waals surface area contributed by atoms with Gasteiger partial charge in [0.2, 0.25) is 5.91 Å². The predicted molar refractivity (Wildman–Crippen MR) is 112 cm³/mol. The lowest BCUT2D eigenvalue weighted by Crippen LogP contribution is -2.53. The van der Waals surface area contributed by atoms with Crippen molar-refractivity contribution < 1.29 is 4.79 Å². The Morgan fingerprint density at radius 1 is 1.11 bits per heavy atom. The number of carbonyl (C=O) groups is 1. The average molecular weight is 397 g/mol. The van der Waals surface area contributed by atoms with Crippen molar-refractivity contribution in [2.24, 2.45) is 28.6 Å². The van der Waals surface area contributed by atoms with Crippen LogP contribution in [0.1, 0.15) is 57.9 Å². The van der Waals surface area contributed by atoms with Crippen LogP contribution < -0.4 is 0 Å². The standard InChI is InChI=1S/C24H29ClN2O/c1-23-10-8-20-17(4-7-21-24(20,2)11-9-22(28)27(21)3)19(23)6-5-18(23)15-12-16(25)14-26-13-15/h5,7,12-14,17,19-20H,4,6,8-11H2,1-3H3/t17-,19-,20-,23+,24+/m0/s1. The molecule has 0 aromatic carbocycles. The van der Waals surface area contributed by atoms with Gasteiger partial charge in [-0.3, -0.25) is 9.78 Å². The molecule has 1 saturated heterocycles. The zero-order valence-electron chi connectivity index (χ0n) is 17.0. The van der Waals surface area contributed by atoms with E-state index >= 15 is 0 Å². The monoisotopic (exact) mass is 396 g/mol. The number of pyridine rings is 1. The maximum absolute atomic E-state index is 12.3. The summed E-state index contributed by atoms with van der Waals surface area (Å²) in [5.74, 6) is 2.31. The van der Waals surface area contributed by atoms with Crippen molar-refractivity contribution >= 4 is 23.1 Å². The molecule has 1 saturated carbocycles. The molecule has 1 aliphatic heterocycles. The Balaban J connectivity index is 1.49. The van der Waals surface area contributed by atoms with Gasteiger partial charge in [0.15, 0.2) is 0 Å². The van der Waals surface area contributed by atoms with E-state index in [1.165, 1.54) is 29.7 Å². The normalized spacial score (nSPS) is 39.6. The molecule has 0 spiro atoms. The third-order valence-electron chi connectivity index (χ3n) is 8.61. The van der Waals surface area contributed by atoms with E-state index in [-0.39, 0.29) is 16.7 Å². The summed E-state index contributed by atoms with van der Waals surface area (Å²) >= 11 is 6.24. The second-order valence-corrected chi connectivity index (χ2v) is 10.2. The van der Waals surface area contributed by atoms with E-state index in [1.807, 2.05) is 18.1 Å². The molecule has 0 unspecified atom stereocenters. The van der Waals surface area contributed by atoms with Gasteiger partial charge in [0.1, 0.15) is 0 Å². The van der Waals surface area contributed by atoms with Crippen molar-refractivity contribution in [2.45, 2.75) is 52.4 Å². The van der Waals surface area contributed by atoms with Crippen molar-refractivity contribution in [1.29, 1.82) is 0 Å². The molecule has 0 bridgehead atoms. The van der Waals surface area contributed by atoms with Crippen LogP contribution in [0.2, 0.25) is 5.02 Å². The number of aromatic nitrogens is 1. The van der Waals surface area contributed by atoms with E-state index < -0.39 is 0 Å². The van der Waals surface area contributed by atoms with Crippen LogP contribution in [0.25, 0.3) is 5.57 Å². The fraction of sp³-hybridized carbons (Fsp3) is 0.583. The van der Waals surface area contributed by atoms with Crippen LogP contribution in [-0.2, 0) is 4.79 Å². The number of likely N-dealkylation sites (tertiary alicyclic amines) is 1. The van der Waals surface area contributed by atoms with Crippen molar-refractivity contribution in [3.8, 4) is 0 Å². The first-order valence-corrected chi connectivity index (χ1v) is 11.0. The van der Waals surface area contributed by atoms with Gasteiger partial charge >= 0.3 is 0 Å². The van der Waals surface area contributed by atoms with E-state index in [0.717, 1.165) is 19.3 Å². The molecular weight excluding hydrogens is 368 g/mol. The molecule has 0 radical (unpaired) electrons. The summed E-state index contributed by atoms with van der Waals surface area (Å²) < 4.78 is 0. The summed E-state index contributed by atoms with van der Waals surface area (Å²) in [4.78, 5) is 18.6.